The number of para-hydroxylation sites is 2. The van der Waals surface area contributed by atoms with Crippen LogP contribution in [0.2, 0.25) is 0 Å². The van der Waals surface area contributed by atoms with E-state index < -0.39 is 22.6 Å². The highest BCUT2D eigenvalue weighted by atomic mass is 32.2. The Morgan fingerprint density at radius 2 is 1.79 bits per heavy atom. The van der Waals surface area contributed by atoms with Gasteiger partial charge in [0.15, 0.2) is 6.61 Å². The first kappa shape index (κ1) is 24.6. The Hall–Kier alpha value is -3.07. The van der Waals surface area contributed by atoms with Gasteiger partial charge in [0.05, 0.1) is 23.3 Å². The number of benzene rings is 2. The van der Waals surface area contributed by atoms with Crippen molar-refractivity contribution in [3.63, 3.8) is 0 Å². The third-order valence-corrected chi connectivity index (χ3v) is 7.10. The molecule has 3 rings (SSSR count). The molecular formula is C24H30N2O6S. The van der Waals surface area contributed by atoms with Gasteiger partial charge < -0.3 is 14.8 Å². The minimum Gasteiger partial charge on any atom is -0.495 e. The molecule has 33 heavy (non-hydrogen) atoms. The molecule has 2 aromatic carbocycles. The summed E-state index contributed by atoms with van der Waals surface area (Å²) >= 11 is 0. The van der Waals surface area contributed by atoms with Crippen LogP contribution in [0.25, 0.3) is 0 Å². The fraction of sp³-hybridized carbons (Fsp3) is 0.417. The van der Waals surface area contributed by atoms with Gasteiger partial charge in [0.2, 0.25) is 0 Å². The zero-order valence-electron chi connectivity index (χ0n) is 18.9. The van der Waals surface area contributed by atoms with E-state index in [1.807, 2.05) is 0 Å². The highest BCUT2D eigenvalue weighted by Gasteiger charge is 2.21. The molecule has 0 saturated heterocycles. The van der Waals surface area contributed by atoms with Gasteiger partial charge in [-0.25, -0.2) is 13.2 Å². The molecule has 0 aromatic heterocycles. The zero-order valence-corrected chi connectivity index (χ0v) is 19.7. The van der Waals surface area contributed by atoms with Crippen molar-refractivity contribution in [2.24, 2.45) is 5.92 Å². The Labute approximate surface area is 194 Å². The molecular weight excluding hydrogens is 444 g/mol. The van der Waals surface area contributed by atoms with E-state index in [2.05, 4.69) is 10.0 Å². The van der Waals surface area contributed by atoms with Gasteiger partial charge in [0, 0.05) is 6.54 Å². The first-order chi connectivity index (χ1) is 15.8. The highest BCUT2D eigenvalue weighted by molar-refractivity contribution is 7.92. The van der Waals surface area contributed by atoms with Gasteiger partial charge >= 0.3 is 5.97 Å². The summed E-state index contributed by atoms with van der Waals surface area (Å²) in [5, 5.41) is 2.81. The van der Waals surface area contributed by atoms with Crippen molar-refractivity contribution in [3.05, 3.63) is 53.6 Å². The van der Waals surface area contributed by atoms with Gasteiger partial charge in [-0.2, -0.15) is 0 Å². The molecule has 2 aromatic rings. The summed E-state index contributed by atoms with van der Waals surface area (Å²) in [7, 11) is -2.55. The van der Waals surface area contributed by atoms with E-state index in [1.54, 1.807) is 31.2 Å². The van der Waals surface area contributed by atoms with Gasteiger partial charge in [-0.15, -0.1) is 0 Å². The van der Waals surface area contributed by atoms with E-state index in [0.717, 1.165) is 12.8 Å². The summed E-state index contributed by atoms with van der Waals surface area (Å²) in [6, 6.07) is 10.8. The van der Waals surface area contributed by atoms with E-state index >= 15 is 0 Å². The Morgan fingerprint density at radius 3 is 2.52 bits per heavy atom. The monoisotopic (exact) mass is 474 g/mol. The molecule has 2 N–H and O–H groups in total. The number of amides is 1. The normalized spacial score (nSPS) is 14.4. The molecule has 0 aliphatic heterocycles. The number of anilines is 1. The molecule has 9 heteroatoms. The third-order valence-electron chi connectivity index (χ3n) is 5.74. The average Bonchev–Trinajstić information content (AvgIpc) is 2.82. The van der Waals surface area contributed by atoms with Crippen LogP contribution < -0.4 is 14.8 Å². The molecule has 1 aliphatic rings. The highest BCUT2D eigenvalue weighted by Crippen LogP contribution is 2.27. The van der Waals surface area contributed by atoms with Crippen molar-refractivity contribution in [2.75, 3.05) is 25.0 Å². The van der Waals surface area contributed by atoms with Crippen LogP contribution in [0.5, 0.6) is 5.75 Å². The Morgan fingerprint density at radius 1 is 1.06 bits per heavy atom. The summed E-state index contributed by atoms with van der Waals surface area (Å²) in [5.74, 6) is -0.284. The van der Waals surface area contributed by atoms with E-state index in [-0.39, 0.29) is 22.1 Å². The molecule has 0 heterocycles. The number of aryl methyl sites for hydroxylation is 1. The zero-order chi connectivity index (χ0) is 23.8. The van der Waals surface area contributed by atoms with Crippen LogP contribution in [0.4, 0.5) is 5.69 Å². The number of carbonyl (C=O) groups excluding carboxylic acids is 2. The minimum absolute atomic E-state index is 0.0815. The molecule has 0 spiro atoms. The van der Waals surface area contributed by atoms with Gasteiger partial charge in [0.1, 0.15) is 5.75 Å². The largest absolute Gasteiger partial charge is 0.495 e. The van der Waals surface area contributed by atoms with Crippen molar-refractivity contribution in [1.29, 1.82) is 0 Å². The summed E-state index contributed by atoms with van der Waals surface area (Å²) in [5.41, 5.74) is 0.899. The Kier molecular flexibility index (Phi) is 8.32. The van der Waals surface area contributed by atoms with Crippen LogP contribution in [0.1, 0.15) is 48.0 Å². The fourth-order valence-corrected chi connectivity index (χ4v) is 4.93. The minimum atomic E-state index is -3.99. The molecule has 1 fully saturated rings. The van der Waals surface area contributed by atoms with Crippen LogP contribution in [0.15, 0.2) is 47.4 Å². The van der Waals surface area contributed by atoms with Crippen LogP contribution in [0, 0.1) is 12.8 Å². The van der Waals surface area contributed by atoms with Crippen molar-refractivity contribution in [2.45, 2.75) is 43.9 Å². The van der Waals surface area contributed by atoms with Crippen molar-refractivity contribution >= 4 is 27.6 Å². The third kappa shape index (κ3) is 6.71. The molecule has 8 nitrogen and oxygen atoms in total. The van der Waals surface area contributed by atoms with E-state index in [1.165, 1.54) is 44.6 Å². The summed E-state index contributed by atoms with van der Waals surface area (Å²) in [6.45, 7) is 1.84. The average molecular weight is 475 g/mol. The lowest BCUT2D eigenvalue weighted by atomic mass is 9.89. The van der Waals surface area contributed by atoms with Crippen molar-refractivity contribution in [3.8, 4) is 5.75 Å². The van der Waals surface area contributed by atoms with Gasteiger partial charge in [0.25, 0.3) is 15.9 Å². The molecule has 1 saturated carbocycles. The molecule has 0 bridgehead atoms. The number of carbonyl (C=O) groups is 2. The Bertz CT molecular complexity index is 1090. The number of hydrogen-bond donors (Lipinski definition) is 2. The number of sulfonamides is 1. The molecule has 0 radical (unpaired) electrons. The quantitative estimate of drug-likeness (QED) is 0.537. The first-order valence-corrected chi connectivity index (χ1v) is 12.5. The standard InChI is InChI=1S/C24H30N2O6S/c1-17-12-13-19(33(29,30)26-21-10-6-7-11-22(21)31-2)14-20(17)24(28)32-16-23(27)25-15-18-8-4-3-5-9-18/h6-7,10-14,18,26H,3-5,8-9,15-16H2,1-2H3,(H,25,27). The number of hydrogen-bond acceptors (Lipinski definition) is 6. The maximum atomic E-state index is 12.9. The van der Waals surface area contributed by atoms with Crippen molar-refractivity contribution < 1.29 is 27.5 Å². The maximum absolute atomic E-state index is 12.9. The number of methoxy groups -OCH3 is 1. The van der Waals surface area contributed by atoms with E-state index in [9.17, 15) is 18.0 Å². The number of ether oxygens (including phenoxy) is 2. The molecule has 0 atom stereocenters. The van der Waals surface area contributed by atoms with Gasteiger partial charge in [-0.1, -0.05) is 37.5 Å². The second kappa shape index (κ2) is 11.2. The maximum Gasteiger partial charge on any atom is 0.338 e. The second-order valence-corrected chi connectivity index (χ2v) is 9.85. The van der Waals surface area contributed by atoms with Crippen LogP contribution in [-0.4, -0.2) is 40.6 Å². The van der Waals surface area contributed by atoms with Crippen LogP contribution in [-0.2, 0) is 19.6 Å². The van der Waals surface area contributed by atoms with Crippen LogP contribution in [0.3, 0.4) is 0 Å². The number of rotatable bonds is 9. The van der Waals surface area contributed by atoms with Crippen molar-refractivity contribution in [1.82, 2.24) is 5.32 Å². The lowest BCUT2D eigenvalue weighted by Gasteiger charge is -2.21. The topological polar surface area (TPSA) is 111 Å². The predicted molar refractivity (Wildman–Crippen MR) is 125 cm³/mol. The first-order valence-electron chi connectivity index (χ1n) is 11.0. The molecule has 1 amide bonds. The molecule has 0 unspecified atom stereocenters. The molecule has 178 valence electrons. The SMILES string of the molecule is COc1ccccc1NS(=O)(=O)c1ccc(C)c(C(=O)OCC(=O)NCC2CCCCC2)c1. The number of nitrogens with one attached hydrogen (secondary N) is 2. The van der Waals surface area contributed by atoms with Gasteiger partial charge in [-0.05, 0) is 55.5 Å². The second-order valence-electron chi connectivity index (χ2n) is 8.17. The fourth-order valence-electron chi connectivity index (χ4n) is 3.83. The predicted octanol–water partition coefficient (Wildman–Crippen LogP) is 3.66. The van der Waals surface area contributed by atoms with E-state index in [0.29, 0.717) is 23.8 Å². The number of esters is 1. The Balaban J connectivity index is 1.63. The lowest BCUT2D eigenvalue weighted by molar-refractivity contribution is -0.124. The van der Waals surface area contributed by atoms with Crippen LogP contribution >= 0.6 is 0 Å². The summed E-state index contributed by atoms with van der Waals surface area (Å²) in [6.07, 6.45) is 5.80. The summed E-state index contributed by atoms with van der Waals surface area (Å²) in [4.78, 5) is 24.6. The summed E-state index contributed by atoms with van der Waals surface area (Å²) < 4.78 is 38.5. The van der Waals surface area contributed by atoms with E-state index in [4.69, 9.17) is 9.47 Å². The van der Waals surface area contributed by atoms with Gasteiger partial charge in [-0.3, -0.25) is 9.52 Å². The smallest absolute Gasteiger partial charge is 0.338 e. The molecule has 1 aliphatic carbocycles. The lowest BCUT2D eigenvalue weighted by Crippen LogP contribution is -2.33.